The first-order valence-corrected chi connectivity index (χ1v) is 7.14. The molecule has 2 atom stereocenters. The number of nitrogens with zero attached hydrogens (tertiary/aromatic N) is 1. The minimum absolute atomic E-state index is 0.00994. The Balaban J connectivity index is 2.03. The fourth-order valence-corrected chi connectivity index (χ4v) is 2.32. The van der Waals surface area contributed by atoms with Gasteiger partial charge in [-0.3, -0.25) is 4.99 Å². The van der Waals surface area contributed by atoms with Crippen LogP contribution in [0.5, 0.6) is 5.75 Å². The van der Waals surface area contributed by atoms with Crippen LogP contribution in [0.25, 0.3) is 0 Å². The van der Waals surface area contributed by atoms with Gasteiger partial charge < -0.3 is 15.4 Å². The van der Waals surface area contributed by atoms with Crippen LogP contribution in [-0.2, 0) is 0 Å². The second-order valence-corrected chi connectivity index (χ2v) is 5.55. The zero-order valence-electron chi connectivity index (χ0n) is 12.7. The third kappa shape index (κ3) is 4.54. The van der Waals surface area contributed by atoms with Crippen LogP contribution in [-0.4, -0.2) is 31.5 Å². The van der Waals surface area contributed by atoms with Gasteiger partial charge in [0.05, 0.1) is 0 Å². The average Bonchev–Trinajstić information content (AvgIpc) is 3.15. The summed E-state index contributed by atoms with van der Waals surface area (Å²) < 4.78 is 41.4. The van der Waals surface area contributed by atoms with E-state index in [1.165, 1.54) is 12.1 Å². The van der Waals surface area contributed by atoms with Crippen LogP contribution in [0.3, 0.4) is 0 Å². The number of guanidine groups is 1. The van der Waals surface area contributed by atoms with E-state index in [9.17, 15) is 13.2 Å². The molecule has 0 aliphatic heterocycles. The van der Waals surface area contributed by atoms with E-state index in [0.717, 1.165) is 6.42 Å². The predicted octanol–water partition coefficient (Wildman–Crippen LogP) is 3.01. The highest BCUT2D eigenvalue weighted by Crippen LogP contribution is 2.45. The Morgan fingerprint density at radius 2 is 2.00 bits per heavy atom. The standard InChI is InChI=1S/C15H20F3N3O/c1-9(2)20-14(19-3)21-12-8-11(12)10-6-4-5-7-13(10)22-15(16,17)18/h4-7,9,11-12H,8H2,1-3H3,(H2,19,20,21). The summed E-state index contributed by atoms with van der Waals surface area (Å²) in [6.45, 7) is 3.98. The summed E-state index contributed by atoms with van der Waals surface area (Å²) in [6.07, 6.45) is -3.93. The van der Waals surface area contributed by atoms with Gasteiger partial charge in [0.2, 0.25) is 0 Å². The van der Waals surface area contributed by atoms with Crippen LogP contribution in [0, 0.1) is 0 Å². The molecule has 22 heavy (non-hydrogen) atoms. The van der Waals surface area contributed by atoms with Crippen molar-refractivity contribution in [3.8, 4) is 5.75 Å². The summed E-state index contributed by atoms with van der Waals surface area (Å²) in [4.78, 5) is 4.10. The second-order valence-electron chi connectivity index (χ2n) is 5.55. The number of alkyl halides is 3. The van der Waals surface area contributed by atoms with E-state index in [1.807, 2.05) is 13.8 Å². The first-order chi connectivity index (χ1) is 10.3. The molecule has 0 bridgehead atoms. The van der Waals surface area contributed by atoms with E-state index in [2.05, 4.69) is 20.4 Å². The van der Waals surface area contributed by atoms with Crippen molar-refractivity contribution in [2.45, 2.75) is 44.6 Å². The molecule has 0 heterocycles. The molecule has 2 rings (SSSR count). The number of hydrogen-bond donors (Lipinski definition) is 2. The Hall–Kier alpha value is -1.92. The SMILES string of the molecule is CN=C(NC(C)C)NC1CC1c1ccccc1OC(F)(F)F. The van der Waals surface area contributed by atoms with E-state index in [4.69, 9.17) is 0 Å². The molecule has 2 unspecified atom stereocenters. The maximum absolute atomic E-state index is 12.4. The summed E-state index contributed by atoms with van der Waals surface area (Å²) >= 11 is 0. The Kier molecular flexibility index (Phi) is 4.83. The van der Waals surface area contributed by atoms with Crippen LogP contribution >= 0.6 is 0 Å². The molecular formula is C15H20F3N3O. The van der Waals surface area contributed by atoms with Gasteiger partial charge in [0.15, 0.2) is 5.96 Å². The Bertz CT molecular complexity index is 543. The Labute approximate surface area is 127 Å². The first-order valence-electron chi connectivity index (χ1n) is 7.14. The minimum Gasteiger partial charge on any atom is -0.405 e. The van der Waals surface area contributed by atoms with Gasteiger partial charge in [0.1, 0.15) is 5.75 Å². The van der Waals surface area contributed by atoms with Gasteiger partial charge in [-0.15, -0.1) is 13.2 Å². The van der Waals surface area contributed by atoms with Crippen molar-refractivity contribution in [3.63, 3.8) is 0 Å². The molecule has 4 nitrogen and oxygen atoms in total. The lowest BCUT2D eigenvalue weighted by molar-refractivity contribution is -0.274. The molecule has 0 amide bonds. The lowest BCUT2D eigenvalue weighted by Crippen LogP contribution is -2.42. The average molecular weight is 315 g/mol. The van der Waals surface area contributed by atoms with E-state index in [-0.39, 0.29) is 23.8 Å². The highest BCUT2D eigenvalue weighted by molar-refractivity contribution is 5.80. The molecule has 0 saturated heterocycles. The number of para-hydroxylation sites is 1. The van der Waals surface area contributed by atoms with Crippen molar-refractivity contribution < 1.29 is 17.9 Å². The molecule has 0 radical (unpaired) electrons. The minimum atomic E-state index is -4.68. The summed E-state index contributed by atoms with van der Waals surface area (Å²) in [6, 6.07) is 6.56. The molecule has 0 aromatic heterocycles. The third-order valence-corrected chi connectivity index (χ3v) is 3.31. The zero-order valence-corrected chi connectivity index (χ0v) is 12.7. The van der Waals surface area contributed by atoms with Gasteiger partial charge >= 0.3 is 6.36 Å². The molecule has 1 aliphatic carbocycles. The highest BCUT2D eigenvalue weighted by Gasteiger charge is 2.42. The molecule has 1 aromatic rings. The molecule has 1 saturated carbocycles. The van der Waals surface area contributed by atoms with E-state index in [0.29, 0.717) is 11.5 Å². The van der Waals surface area contributed by atoms with Gasteiger partial charge in [-0.25, -0.2) is 0 Å². The molecule has 122 valence electrons. The number of ether oxygens (including phenoxy) is 1. The summed E-state index contributed by atoms with van der Waals surface area (Å²) in [7, 11) is 1.66. The molecule has 1 aromatic carbocycles. The molecular weight excluding hydrogens is 295 g/mol. The fraction of sp³-hybridized carbons (Fsp3) is 0.533. The maximum Gasteiger partial charge on any atom is 0.573 e. The summed E-state index contributed by atoms with van der Waals surface area (Å²) in [5, 5.41) is 6.37. The zero-order chi connectivity index (χ0) is 16.3. The van der Waals surface area contributed by atoms with E-state index >= 15 is 0 Å². The van der Waals surface area contributed by atoms with Crippen molar-refractivity contribution >= 4 is 5.96 Å². The topological polar surface area (TPSA) is 45.7 Å². The maximum atomic E-state index is 12.4. The van der Waals surface area contributed by atoms with Crippen molar-refractivity contribution in [3.05, 3.63) is 29.8 Å². The molecule has 7 heteroatoms. The number of hydrogen-bond acceptors (Lipinski definition) is 2. The molecule has 1 aliphatic rings. The third-order valence-electron chi connectivity index (χ3n) is 3.31. The van der Waals surface area contributed by atoms with Gasteiger partial charge in [-0.1, -0.05) is 18.2 Å². The summed E-state index contributed by atoms with van der Waals surface area (Å²) in [5.41, 5.74) is 0.567. The van der Waals surface area contributed by atoms with Crippen molar-refractivity contribution in [2.24, 2.45) is 4.99 Å². The molecule has 0 spiro atoms. The van der Waals surface area contributed by atoms with Crippen LogP contribution in [0.1, 0.15) is 31.7 Å². The quantitative estimate of drug-likeness (QED) is 0.663. The summed E-state index contributed by atoms with van der Waals surface area (Å²) in [5.74, 6) is 0.511. The fourth-order valence-electron chi connectivity index (χ4n) is 2.32. The van der Waals surface area contributed by atoms with Crippen molar-refractivity contribution in [2.75, 3.05) is 7.05 Å². The van der Waals surface area contributed by atoms with Crippen LogP contribution in [0.15, 0.2) is 29.3 Å². The Morgan fingerprint density at radius 3 is 2.59 bits per heavy atom. The monoisotopic (exact) mass is 315 g/mol. The van der Waals surface area contributed by atoms with Gasteiger partial charge in [-0.05, 0) is 31.9 Å². The number of benzene rings is 1. The van der Waals surface area contributed by atoms with Gasteiger partial charge in [0.25, 0.3) is 0 Å². The van der Waals surface area contributed by atoms with Gasteiger partial charge in [0, 0.05) is 25.0 Å². The number of halogens is 3. The first kappa shape index (κ1) is 16.5. The lowest BCUT2D eigenvalue weighted by Gasteiger charge is -2.15. The lowest BCUT2D eigenvalue weighted by atomic mass is 10.1. The predicted molar refractivity (Wildman–Crippen MR) is 79.0 cm³/mol. The highest BCUT2D eigenvalue weighted by atomic mass is 19.4. The smallest absolute Gasteiger partial charge is 0.405 e. The number of rotatable bonds is 4. The largest absolute Gasteiger partial charge is 0.573 e. The van der Waals surface area contributed by atoms with Crippen molar-refractivity contribution in [1.29, 1.82) is 0 Å². The molecule has 2 N–H and O–H groups in total. The van der Waals surface area contributed by atoms with Crippen LogP contribution in [0.2, 0.25) is 0 Å². The van der Waals surface area contributed by atoms with E-state index in [1.54, 1.807) is 19.2 Å². The second kappa shape index (κ2) is 6.46. The normalized spacial score (nSPS) is 21.7. The van der Waals surface area contributed by atoms with Crippen molar-refractivity contribution in [1.82, 2.24) is 10.6 Å². The number of aliphatic imine (C=N–C) groups is 1. The van der Waals surface area contributed by atoms with Crippen LogP contribution in [0.4, 0.5) is 13.2 Å². The molecule has 1 fully saturated rings. The Morgan fingerprint density at radius 1 is 1.32 bits per heavy atom. The van der Waals surface area contributed by atoms with E-state index < -0.39 is 6.36 Å². The number of nitrogens with one attached hydrogen (secondary N) is 2. The van der Waals surface area contributed by atoms with Gasteiger partial charge in [-0.2, -0.15) is 0 Å². The van der Waals surface area contributed by atoms with Crippen LogP contribution < -0.4 is 15.4 Å².